The molecule has 0 aliphatic carbocycles. The molecule has 10 heavy (non-hydrogen) atoms. The van der Waals surface area contributed by atoms with E-state index in [1.54, 1.807) is 0 Å². The fourth-order valence-corrected chi connectivity index (χ4v) is 0.731. The van der Waals surface area contributed by atoms with Gasteiger partial charge >= 0.3 is 0 Å². The molecule has 0 saturated heterocycles. The van der Waals surface area contributed by atoms with Crippen LogP contribution in [0.25, 0.3) is 0 Å². The van der Waals surface area contributed by atoms with Crippen molar-refractivity contribution in [3.8, 4) is 5.88 Å². The molecule has 0 atom stereocenters. The van der Waals surface area contributed by atoms with Crippen molar-refractivity contribution in [3.05, 3.63) is 12.0 Å². The molecule has 4 heteroatoms. The summed E-state index contributed by atoms with van der Waals surface area (Å²) in [6.07, 6.45) is 1.40. The summed E-state index contributed by atoms with van der Waals surface area (Å²) in [5.41, 5.74) is 0. The number of imidazole rings is 1. The topological polar surface area (TPSA) is 52.1 Å². The maximum absolute atomic E-state index is 8.83. The Morgan fingerprint density at radius 3 is 2.80 bits per heavy atom. The minimum Gasteiger partial charge on any atom is -0.493 e. The smallest absolute Gasteiger partial charge is 0.208 e. The van der Waals surface area contributed by atoms with Gasteiger partial charge in [-0.05, 0) is 14.1 Å². The summed E-state index contributed by atoms with van der Waals surface area (Å²) < 4.78 is 0. The highest BCUT2D eigenvalue weighted by atomic mass is 16.3. The molecule has 0 aromatic carbocycles. The van der Waals surface area contributed by atoms with Crippen molar-refractivity contribution in [2.75, 3.05) is 14.1 Å². The van der Waals surface area contributed by atoms with Crippen LogP contribution in [0.5, 0.6) is 5.88 Å². The van der Waals surface area contributed by atoms with Crippen LogP contribution in [-0.4, -0.2) is 34.1 Å². The van der Waals surface area contributed by atoms with Crippen molar-refractivity contribution in [3.63, 3.8) is 0 Å². The zero-order valence-corrected chi connectivity index (χ0v) is 6.13. The molecular formula is C6H11N3O. The van der Waals surface area contributed by atoms with Crippen LogP contribution < -0.4 is 0 Å². The summed E-state index contributed by atoms with van der Waals surface area (Å²) in [6, 6.07) is 0. The first-order valence-corrected chi connectivity index (χ1v) is 3.06. The van der Waals surface area contributed by atoms with E-state index in [0.29, 0.717) is 0 Å². The third-order valence-electron chi connectivity index (χ3n) is 1.08. The fourth-order valence-electron chi connectivity index (χ4n) is 0.731. The van der Waals surface area contributed by atoms with Gasteiger partial charge in [0.2, 0.25) is 5.88 Å². The lowest BCUT2D eigenvalue weighted by atomic mass is 10.6. The highest BCUT2D eigenvalue weighted by molar-refractivity contribution is 5.04. The molecule has 0 bridgehead atoms. The fraction of sp³-hybridized carbons (Fsp3) is 0.500. The average molecular weight is 141 g/mol. The molecular weight excluding hydrogens is 130 g/mol. The summed E-state index contributed by atoms with van der Waals surface area (Å²) in [5.74, 6) is 0.902. The Morgan fingerprint density at radius 2 is 2.40 bits per heavy atom. The zero-order valence-electron chi connectivity index (χ0n) is 6.13. The molecule has 0 amide bonds. The van der Waals surface area contributed by atoms with Gasteiger partial charge in [0.1, 0.15) is 5.82 Å². The van der Waals surface area contributed by atoms with E-state index in [1.165, 1.54) is 6.20 Å². The van der Waals surface area contributed by atoms with Crippen LogP contribution in [0.1, 0.15) is 5.82 Å². The SMILES string of the molecule is CN(C)Cc1ncc(O)[nH]1. The number of aromatic hydroxyl groups is 1. The van der Waals surface area contributed by atoms with E-state index in [4.69, 9.17) is 5.11 Å². The Bertz CT molecular complexity index is 207. The first kappa shape index (κ1) is 7.08. The van der Waals surface area contributed by atoms with Gasteiger partial charge < -0.3 is 15.0 Å². The van der Waals surface area contributed by atoms with Crippen molar-refractivity contribution in [1.29, 1.82) is 0 Å². The second-order valence-corrected chi connectivity index (χ2v) is 2.45. The Labute approximate surface area is 59.5 Å². The Hall–Kier alpha value is -1.03. The molecule has 0 unspecified atom stereocenters. The predicted octanol–water partition coefficient (Wildman–Crippen LogP) is 0.177. The van der Waals surface area contributed by atoms with Crippen molar-refractivity contribution < 1.29 is 5.11 Å². The minimum absolute atomic E-state index is 0.122. The van der Waals surface area contributed by atoms with Gasteiger partial charge in [-0.3, -0.25) is 0 Å². The second kappa shape index (κ2) is 2.70. The summed E-state index contributed by atoms with van der Waals surface area (Å²) >= 11 is 0. The lowest BCUT2D eigenvalue weighted by Gasteiger charge is -2.04. The second-order valence-electron chi connectivity index (χ2n) is 2.45. The maximum atomic E-state index is 8.83. The lowest BCUT2D eigenvalue weighted by molar-refractivity contribution is 0.388. The van der Waals surface area contributed by atoms with Gasteiger partial charge in [-0.15, -0.1) is 0 Å². The van der Waals surface area contributed by atoms with Crippen molar-refractivity contribution >= 4 is 0 Å². The highest BCUT2D eigenvalue weighted by Crippen LogP contribution is 2.03. The quantitative estimate of drug-likeness (QED) is 0.617. The molecule has 0 aliphatic heterocycles. The molecule has 1 heterocycles. The van der Waals surface area contributed by atoms with Gasteiger partial charge in [-0.2, -0.15) is 0 Å². The number of hydrogen-bond donors (Lipinski definition) is 2. The molecule has 2 N–H and O–H groups in total. The monoisotopic (exact) mass is 141 g/mol. The molecule has 1 aromatic rings. The number of nitrogens with zero attached hydrogens (tertiary/aromatic N) is 2. The Kier molecular flexibility index (Phi) is 1.91. The number of H-pyrrole nitrogens is 1. The summed E-state index contributed by atoms with van der Waals surface area (Å²) in [6.45, 7) is 0.723. The third kappa shape index (κ3) is 1.73. The summed E-state index contributed by atoms with van der Waals surface area (Å²) in [7, 11) is 3.89. The van der Waals surface area contributed by atoms with Crippen LogP contribution in [-0.2, 0) is 6.54 Å². The molecule has 0 saturated carbocycles. The van der Waals surface area contributed by atoms with E-state index in [0.717, 1.165) is 12.4 Å². The van der Waals surface area contributed by atoms with E-state index in [9.17, 15) is 0 Å². The van der Waals surface area contributed by atoms with E-state index in [-0.39, 0.29) is 5.88 Å². The molecule has 4 nitrogen and oxygen atoms in total. The van der Waals surface area contributed by atoms with Gasteiger partial charge in [-0.1, -0.05) is 0 Å². The van der Waals surface area contributed by atoms with Crippen LogP contribution in [0.2, 0.25) is 0 Å². The van der Waals surface area contributed by atoms with E-state index in [2.05, 4.69) is 9.97 Å². The third-order valence-corrected chi connectivity index (χ3v) is 1.08. The number of aromatic nitrogens is 2. The van der Waals surface area contributed by atoms with Gasteiger partial charge in [-0.25, -0.2) is 4.98 Å². The zero-order chi connectivity index (χ0) is 7.56. The normalized spacial score (nSPS) is 10.7. The largest absolute Gasteiger partial charge is 0.493 e. The van der Waals surface area contributed by atoms with E-state index in [1.807, 2.05) is 19.0 Å². The van der Waals surface area contributed by atoms with E-state index >= 15 is 0 Å². The Balaban J connectivity index is 2.58. The lowest BCUT2D eigenvalue weighted by Crippen LogP contribution is -2.11. The molecule has 56 valence electrons. The minimum atomic E-state index is 0.122. The average Bonchev–Trinajstić information content (AvgIpc) is 2.13. The first-order chi connectivity index (χ1) is 4.68. The molecule has 0 fully saturated rings. The van der Waals surface area contributed by atoms with Crippen molar-refractivity contribution in [2.24, 2.45) is 0 Å². The molecule has 0 spiro atoms. The van der Waals surface area contributed by atoms with Crippen LogP contribution in [0.3, 0.4) is 0 Å². The Morgan fingerprint density at radius 1 is 1.70 bits per heavy atom. The number of aromatic amines is 1. The van der Waals surface area contributed by atoms with Gasteiger partial charge in [0.25, 0.3) is 0 Å². The highest BCUT2D eigenvalue weighted by Gasteiger charge is 1.98. The van der Waals surface area contributed by atoms with Crippen LogP contribution in [0.15, 0.2) is 6.20 Å². The van der Waals surface area contributed by atoms with Gasteiger partial charge in [0.05, 0.1) is 12.7 Å². The standard InChI is InChI=1S/C6H11N3O/c1-9(2)4-5-7-3-6(10)8-5/h3,10H,4H2,1-2H3,(H,7,8). The molecule has 0 aliphatic rings. The number of nitrogens with one attached hydrogen (secondary N) is 1. The molecule has 0 radical (unpaired) electrons. The number of hydrogen-bond acceptors (Lipinski definition) is 3. The maximum Gasteiger partial charge on any atom is 0.208 e. The molecule has 1 aromatic heterocycles. The first-order valence-electron chi connectivity index (χ1n) is 3.06. The number of rotatable bonds is 2. The van der Waals surface area contributed by atoms with Gasteiger partial charge in [0, 0.05) is 0 Å². The van der Waals surface area contributed by atoms with Crippen LogP contribution in [0, 0.1) is 0 Å². The summed E-state index contributed by atoms with van der Waals surface area (Å²) in [4.78, 5) is 8.59. The molecule has 1 rings (SSSR count). The van der Waals surface area contributed by atoms with Gasteiger partial charge in [0.15, 0.2) is 0 Å². The van der Waals surface area contributed by atoms with Crippen LogP contribution >= 0.6 is 0 Å². The van der Waals surface area contributed by atoms with Crippen molar-refractivity contribution in [1.82, 2.24) is 14.9 Å². The van der Waals surface area contributed by atoms with Crippen molar-refractivity contribution in [2.45, 2.75) is 6.54 Å². The van der Waals surface area contributed by atoms with Crippen LogP contribution in [0.4, 0.5) is 0 Å². The van der Waals surface area contributed by atoms with E-state index < -0.39 is 0 Å². The predicted molar refractivity (Wildman–Crippen MR) is 37.6 cm³/mol. The summed E-state index contributed by atoms with van der Waals surface area (Å²) in [5, 5.41) is 8.83.